The SMILES string of the molecule is COC(=O)[C@@H]1O[C@@H]2O[C@@H](C)O[C@@H]2[C@@H](OC(=O)C(C)(C)C)[C@@H]1OC(C)=O. The van der Waals surface area contributed by atoms with Crippen LogP contribution in [-0.4, -0.2) is 62.0 Å². The molecule has 9 nitrogen and oxygen atoms in total. The summed E-state index contributed by atoms with van der Waals surface area (Å²) >= 11 is 0. The van der Waals surface area contributed by atoms with E-state index in [0.717, 1.165) is 0 Å². The highest BCUT2D eigenvalue weighted by Crippen LogP contribution is 2.35. The Morgan fingerprint density at radius 3 is 2.12 bits per heavy atom. The summed E-state index contributed by atoms with van der Waals surface area (Å²) in [5.41, 5.74) is -0.805. The molecule has 2 fully saturated rings. The van der Waals surface area contributed by atoms with Crippen molar-refractivity contribution in [1.29, 1.82) is 0 Å². The fraction of sp³-hybridized carbons (Fsp3) is 0.812. The van der Waals surface area contributed by atoms with Crippen molar-refractivity contribution in [2.24, 2.45) is 5.41 Å². The smallest absolute Gasteiger partial charge is 0.339 e. The third-order valence-corrected chi connectivity index (χ3v) is 3.76. The van der Waals surface area contributed by atoms with E-state index >= 15 is 0 Å². The van der Waals surface area contributed by atoms with Crippen LogP contribution in [0.15, 0.2) is 0 Å². The molecule has 0 amide bonds. The third-order valence-electron chi connectivity index (χ3n) is 3.76. The molecule has 2 heterocycles. The third kappa shape index (κ3) is 4.28. The molecule has 0 unspecified atom stereocenters. The molecule has 2 aliphatic heterocycles. The molecule has 6 atom stereocenters. The number of fused-ring (bicyclic) bond motifs is 1. The van der Waals surface area contributed by atoms with Gasteiger partial charge in [-0.15, -0.1) is 0 Å². The molecule has 0 aromatic carbocycles. The highest BCUT2D eigenvalue weighted by atomic mass is 16.8. The largest absolute Gasteiger partial charge is 0.467 e. The number of hydrogen-bond acceptors (Lipinski definition) is 9. The first-order chi connectivity index (χ1) is 11.5. The van der Waals surface area contributed by atoms with Crippen molar-refractivity contribution in [3.05, 3.63) is 0 Å². The highest BCUT2D eigenvalue weighted by molar-refractivity contribution is 5.78. The van der Waals surface area contributed by atoms with Crippen LogP contribution in [0.3, 0.4) is 0 Å². The topological polar surface area (TPSA) is 107 Å². The minimum absolute atomic E-state index is 0.540. The Kier molecular flexibility index (Phi) is 5.70. The Bertz CT molecular complexity index is 538. The molecule has 0 saturated carbocycles. The summed E-state index contributed by atoms with van der Waals surface area (Å²) in [4.78, 5) is 36.0. The predicted molar refractivity (Wildman–Crippen MR) is 81.0 cm³/mol. The minimum atomic E-state index is -1.30. The second-order valence-corrected chi connectivity index (χ2v) is 6.95. The minimum Gasteiger partial charge on any atom is -0.467 e. The lowest BCUT2D eigenvalue weighted by Gasteiger charge is -2.40. The Morgan fingerprint density at radius 1 is 0.960 bits per heavy atom. The number of methoxy groups -OCH3 is 1. The van der Waals surface area contributed by atoms with Gasteiger partial charge in [0, 0.05) is 6.92 Å². The van der Waals surface area contributed by atoms with Crippen molar-refractivity contribution in [3.8, 4) is 0 Å². The van der Waals surface area contributed by atoms with E-state index in [2.05, 4.69) is 0 Å². The summed E-state index contributed by atoms with van der Waals surface area (Å²) in [6.45, 7) is 7.86. The molecule has 0 spiro atoms. The Hall–Kier alpha value is -1.71. The maximum Gasteiger partial charge on any atom is 0.339 e. The molecule has 0 N–H and O–H groups in total. The van der Waals surface area contributed by atoms with Gasteiger partial charge in [-0.3, -0.25) is 9.59 Å². The van der Waals surface area contributed by atoms with Crippen LogP contribution in [0.1, 0.15) is 34.6 Å². The zero-order chi connectivity index (χ0) is 18.9. The number of esters is 3. The van der Waals surface area contributed by atoms with Crippen molar-refractivity contribution >= 4 is 17.9 Å². The molecule has 0 aromatic rings. The average molecular weight is 360 g/mol. The van der Waals surface area contributed by atoms with Crippen LogP contribution < -0.4 is 0 Å². The number of carbonyl (C=O) groups is 3. The number of hydrogen-bond donors (Lipinski definition) is 0. The first-order valence-corrected chi connectivity index (χ1v) is 7.97. The van der Waals surface area contributed by atoms with Crippen LogP contribution in [0.25, 0.3) is 0 Å². The Morgan fingerprint density at radius 2 is 1.60 bits per heavy atom. The second-order valence-electron chi connectivity index (χ2n) is 6.95. The highest BCUT2D eigenvalue weighted by Gasteiger charge is 2.57. The average Bonchev–Trinajstić information content (AvgIpc) is 2.87. The molecule has 9 heteroatoms. The lowest BCUT2D eigenvalue weighted by Crippen LogP contribution is -2.61. The summed E-state index contributed by atoms with van der Waals surface area (Å²) in [5, 5.41) is 0. The first kappa shape index (κ1) is 19.6. The fourth-order valence-corrected chi connectivity index (χ4v) is 2.57. The summed E-state index contributed by atoms with van der Waals surface area (Å²) in [6, 6.07) is 0. The van der Waals surface area contributed by atoms with Crippen LogP contribution >= 0.6 is 0 Å². The Balaban J connectivity index is 2.36. The summed E-state index contributed by atoms with van der Waals surface area (Å²) in [6.07, 6.45) is -6.04. The van der Waals surface area contributed by atoms with E-state index in [1.807, 2.05) is 0 Å². The van der Waals surface area contributed by atoms with E-state index in [1.54, 1.807) is 27.7 Å². The van der Waals surface area contributed by atoms with Gasteiger partial charge < -0.3 is 28.4 Å². The van der Waals surface area contributed by atoms with E-state index in [9.17, 15) is 14.4 Å². The number of carbonyl (C=O) groups excluding carboxylic acids is 3. The van der Waals surface area contributed by atoms with E-state index in [0.29, 0.717) is 0 Å². The molecule has 0 aromatic heterocycles. The van der Waals surface area contributed by atoms with E-state index in [-0.39, 0.29) is 0 Å². The molecule has 0 aliphatic carbocycles. The van der Waals surface area contributed by atoms with Crippen molar-refractivity contribution in [3.63, 3.8) is 0 Å². The standard InChI is InChI=1S/C16H24O9/c1-7(17)21-9-10(25-15(19)16(3,4)5)12-14(23-8(2)22-12)24-11(9)13(18)20-6/h8-12,14H,1-6H3/t8-,9-,10-,11+,12+,14-/m0/s1. The van der Waals surface area contributed by atoms with Gasteiger partial charge in [-0.25, -0.2) is 4.79 Å². The van der Waals surface area contributed by atoms with E-state index in [4.69, 9.17) is 28.4 Å². The van der Waals surface area contributed by atoms with Gasteiger partial charge in [0.15, 0.2) is 37.0 Å². The number of rotatable bonds is 3. The van der Waals surface area contributed by atoms with Crippen LogP contribution in [0, 0.1) is 5.41 Å². The molecular formula is C16H24O9. The van der Waals surface area contributed by atoms with Gasteiger partial charge in [0.25, 0.3) is 0 Å². The van der Waals surface area contributed by atoms with E-state index < -0.39 is 60.3 Å². The zero-order valence-corrected chi connectivity index (χ0v) is 15.1. The molecular weight excluding hydrogens is 336 g/mol. The van der Waals surface area contributed by atoms with Gasteiger partial charge >= 0.3 is 17.9 Å². The number of ether oxygens (including phenoxy) is 6. The van der Waals surface area contributed by atoms with Gasteiger partial charge in [-0.2, -0.15) is 0 Å². The monoisotopic (exact) mass is 360 g/mol. The molecule has 0 radical (unpaired) electrons. The van der Waals surface area contributed by atoms with Crippen molar-refractivity contribution in [2.45, 2.75) is 71.6 Å². The van der Waals surface area contributed by atoms with Crippen molar-refractivity contribution in [1.82, 2.24) is 0 Å². The lowest BCUT2D eigenvalue weighted by atomic mass is 9.95. The van der Waals surface area contributed by atoms with Gasteiger partial charge in [0.2, 0.25) is 0 Å². The van der Waals surface area contributed by atoms with Gasteiger partial charge in [-0.1, -0.05) is 0 Å². The van der Waals surface area contributed by atoms with Crippen LogP contribution in [0.4, 0.5) is 0 Å². The molecule has 0 bridgehead atoms. The molecule has 2 rings (SSSR count). The quantitative estimate of drug-likeness (QED) is 0.526. The predicted octanol–water partition coefficient (Wildman–Crippen LogP) is 0.535. The molecule has 2 saturated heterocycles. The van der Waals surface area contributed by atoms with Crippen molar-refractivity contribution < 1.29 is 42.8 Å². The molecule has 142 valence electrons. The van der Waals surface area contributed by atoms with Gasteiger partial charge in [0.1, 0.15) is 0 Å². The van der Waals surface area contributed by atoms with E-state index in [1.165, 1.54) is 14.0 Å². The van der Waals surface area contributed by atoms with Crippen LogP contribution in [0.5, 0.6) is 0 Å². The fourth-order valence-electron chi connectivity index (χ4n) is 2.57. The lowest BCUT2D eigenvalue weighted by molar-refractivity contribution is -0.260. The van der Waals surface area contributed by atoms with Gasteiger partial charge in [0.05, 0.1) is 12.5 Å². The first-order valence-electron chi connectivity index (χ1n) is 7.97. The normalized spacial score (nSPS) is 34.8. The van der Waals surface area contributed by atoms with Crippen LogP contribution in [-0.2, 0) is 42.8 Å². The molecule has 2 aliphatic rings. The maximum absolute atomic E-state index is 12.4. The second kappa shape index (κ2) is 7.27. The summed E-state index contributed by atoms with van der Waals surface area (Å²) < 4.78 is 32.1. The summed E-state index contributed by atoms with van der Waals surface area (Å²) in [5.74, 6) is -1.98. The maximum atomic E-state index is 12.4. The van der Waals surface area contributed by atoms with Crippen LogP contribution in [0.2, 0.25) is 0 Å². The van der Waals surface area contributed by atoms with Crippen molar-refractivity contribution in [2.75, 3.05) is 7.11 Å². The van der Waals surface area contributed by atoms with Gasteiger partial charge in [-0.05, 0) is 27.7 Å². The molecule has 25 heavy (non-hydrogen) atoms. The summed E-state index contributed by atoms with van der Waals surface area (Å²) in [7, 11) is 1.17. The zero-order valence-electron chi connectivity index (χ0n) is 15.1. The Labute approximate surface area is 145 Å².